The lowest BCUT2D eigenvalue weighted by molar-refractivity contribution is 0.216. The van der Waals surface area contributed by atoms with Crippen LogP contribution in [0.1, 0.15) is 36.3 Å². The SMILES string of the molecule is CCOP(=O)(CCCOc1ccc(C(=S)Nc2nc3c(s2)Cc2cc(Cl)ccc2-3)cc1)OCC. The summed E-state index contributed by atoms with van der Waals surface area (Å²) in [5, 5.41) is 4.78. The minimum absolute atomic E-state index is 0.329. The highest BCUT2D eigenvalue weighted by Gasteiger charge is 2.24. The molecule has 180 valence electrons. The monoisotopic (exact) mass is 536 g/mol. The Morgan fingerprint density at radius 2 is 1.91 bits per heavy atom. The molecule has 6 nitrogen and oxygen atoms in total. The van der Waals surface area contributed by atoms with E-state index in [9.17, 15) is 4.57 Å². The minimum atomic E-state index is -3.03. The molecule has 1 aliphatic carbocycles. The number of ether oxygens (including phenoxy) is 1. The summed E-state index contributed by atoms with van der Waals surface area (Å²) < 4.78 is 28.9. The van der Waals surface area contributed by atoms with Crippen LogP contribution in [-0.4, -0.2) is 36.0 Å². The highest BCUT2D eigenvalue weighted by Crippen LogP contribution is 2.48. The molecule has 0 amide bonds. The fourth-order valence-corrected chi connectivity index (χ4v) is 6.86. The van der Waals surface area contributed by atoms with Gasteiger partial charge in [0.1, 0.15) is 10.7 Å². The molecular weight excluding hydrogens is 511 g/mol. The van der Waals surface area contributed by atoms with Gasteiger partial charge >= 0.3 is 7.60 Å². The Balaban J connectivity index is 1.29. The molecule has 0 atom stereocenters. The third kappa shape index (κ3) is 6.06. The number of aromatic nitrogens is 1. The molecule has 4 rings (SSSR count). The summed E-state index contributed by atoms with van der Waals surface area (Å²) in [6, 6.07) is 13.5. The van der Waals surface area contributed by atoms with Crippen LogP contribution in [0.4, 0.5) is 5.13 Å². The van der Waals surface area contributed by atoms with E-state index in [-0.39, 0.29) is 0 Å². The maximum Gasteiger partial charge on any atom is 0.330 e. The Labute approximate surface area is 214 Å². The van der Waals surface area contributed by atoms with Crippen LogP contribution in [0, 0.1) is 0 Å². The second-order valence-corrected chi connectivity index (χ2v) is 11.7. The molecule has 1 aliphatic rings. The zero-order valence-corrected chi connectivity index (χ0v) is 22.3. The number of halogens is 1. The average Bonchev–Trinajstić information content (AvgIpc) is 3.34. The van der Waals surface area contributed by atoms with E-state index in [1.807, 2.05) is 42.5 Å². The van der Waals surface area contributed by atoms with Crippen LogP contribution >= 0.6 is 42.8 Å². The second-order valence-electron chi connectivity index (χ2n) is 7.62. The van der Waals surface area contributed by atoms with E-state index in [0.29, 0.717) is 37.4 Å². The van der Waals surface area contributed by atoms with E-state index in [1.165, 1.54) is 10.4 Å². The third-order valence-corrected chi connectivity index (χ3v) is 8.92. The van der Waals surface area contributed by atoms with Gasteiger partial charge in [-0.1, -0.05) is 29.9 Å². The molecular formula is C24H26ClN2O4PS2. The molecule has 3 aromatic rings. The number of thiazole rings is 1. The largest absolute Gasteiger partial charge is 0.494 e. The number of hydrogen-bond acceptors (Lipinski definition) is 7. The Bertz CT molecular complexity index is 1210. The molecule has 1 aromatic heterocycles. The molecule has 0 spiro atoms. The van der Waals surface area contributed by atoms with Crippen molar-refractivity contribution in [3.63, 3.8) is 0 Å². The number of nitrogens with zero attached hydrogens (tertiary/aromatic N) is 1. The van der Waals surface area contributed by atoms with Gasteiger partial charge in [-0.25, -0.2) is 4.98 Å². The molecule has 0 aliphatic heterocycles. The molecule has 0 fully saturated rings. The van der Waals surface area contributed by atoms with Gasteiger partial charge < -0.3 is 19.1 Å². The van der Waals surface area contributed by atoms with Crippen molar-refractivity contribution in [2.45, 2.75) is 26.7 Å². The van der Waals surface area contributed by atoms with Gasteiger partial charge in [0.25, 0.3) is 0 Å². The summed E-state index contributed by atoms with van der Waals surface area (Å²) in [7, 11) is -3.03. The smallest absolute Gasteiger partial charge is 0.330 e. The van der Waals surface area contributed by atoms with Crippen LogP contribution in [0.5, 0.6) is 5.75 Å². The second kappa shape index (κ2) is 11.3. The molecule has 1 heterocycles. The minimum Gasteiger partial charge on any atom is -0.494 e. The van der Waals surface area contributed by atoms with E-state index < -0.39 is 7.60 Å². The lowest BCUT2D eigenvalue weighted by Crippen LogP contribution is -2.10. The lowest BCUT2D eigenvalue weighted by atomic mass is 10.1. The van der Waals surface area contributed by atoms with E-state index in [2.05, 4.69) is 5.32 Å². The summed E-state index contributed by atoms with van der Waals surface area (Å²) in [6.45, 7) is 4.75. The molecule has 2 aromatic carbocycles. The number of anilines is 1. The maximum atomic E-state index is 12.5. The Morgan fingerprint density at radius 1 is 1.18 bits per heavy atom. The van der Waals surface area contributed by atoms with Gasteiger partial charge in [-0.05, 0) is 62.2 Å². The van der Waals surface area contributed by atoms with E-state index in [1.54, 1.807) is 25.2 Å². The molecule has 0 bridgehead atoms. The fourth-order valence-electron chi connectivity index (χ4n) is 3.73. The van der Waals surface area contributed by atoms with Crippen molar-refractivity contribution in [2.75, 3.05) is 31.3 Å². The van der Waals surface area contributed by atoms with Crippen molar-refractivity contribution >= 4 is 52.9 Å². The van der Waals surface area contributed by atoms with Crippen LogP contribution in [0.25, 0.3) is 11.3 Å². The summed E-state index contributed by atoms with van der Waals surface area (Å²) in [5.74, 6) is 0.720. The molecule has 0 saturated heterocycles. The van der Waals surface area contributed by atoms with Crippen LogP contribution < -0.4 is 10.1 Å². The van der Waals surface area contributed by atoms with Gasteiger partial charge in [0, 0.05) is 27.4 Å². The topological polar surface area (TPSA) is 69.7 Å². The first kappa shape index (κ1) is 25.3. The van der Waals surface area contributed by atoms with Crippen LogP contribution in [0.15, 0.2) is 42.5 Å². The van der Waals surface area contributed by atoms with Crippen molar-refractivity contribution in [2.24, 2.45) is 0 Å². The van der Waals surface area contributed by atoms with Crippen molar-refractivity contribution in [3.8, 4) is 17.0 Å². The predicted octanol–water partition coefficient (Wildman–Crippen LogP) is 7.19. The van der Waals surface area contributed by atoms with Crippen LogP contribution in [0.3, 0.4) is 0 Å². The maximum absolute atomic E-state index is 12.5. The average molecular weight is 537 g/mol. The highest BCUT2D eigenvalue weighted by atomic mass is 35.5. The first-order chi connectivity index (χ1) is 16.4. The van der Waals surface area contributed by atoms with Crippen molar-refractivity contribution in [3.05, 3.63) is 63.5 Å². The normalized spacial score (nSPS) is 12.3. The highest BCUT2D eigenvalue weighted by molar-refractivity contribution is 7.81. The van der Waals surface area contributed by atoms with E-state index >= 15 is 0 Å². The first-order valence-electron chi connectivity index (χ1n) is 11.1. The van der Waals surface area contributed by atoms with Gasteiger partial charge in [-0.2, -0.15) is 0 Å². The first-order valence-corrected chi connectivity index (χ1v) is 14.4. The summed E-state index contributed by atoms with van der Waals surface area (Å²) in [4.78, 5) is 6.56. The zero-order chi connectivity index (χ0) is 24.1. The lowest BCUT2D eigenvalue weighted by Gasteiger charge is -2.16. The molecule has 0 unspecified atom stereocenters. The summed E-state index contributed by atoms with van der Waals surface area (Å²) in [6.07, 6.45) is 1.74. The number of nitrogens with one attached hydrogen (secondary N) is 1. The standard InChI is InChI=1S/C24H26ClN2O4PS2/c1-3-30-32(28,31-4-2)13-5-12-29-19-9-6-16(7-10-19)23(33)27-24-26-22-20-11-8-18(25)14-17(20)15-21(22)34-24/h6-11,14H,3-5,12-13,15H2,1-2H3,(H,26,27,33). The quantitative estimate of drug-likeness (QED) is 0.123. The molecule has 0 saturated carbocycles. The number of thiocarbonyl (C=S) groups is 1. The van der Waals surface area contributed by atoms with Crippen molar-refractivity contribution in [1.82, 2.24) is 4.98 Å². The number of fused-ring (bicyclic) bond motifs is 3. The van der Waals surface area contributed by atoms with Gasteiger partial charge in [-0.15, -0.1) is 11.3 Å². The van der Waals surface area contributed by atoms with Crippen molar-refractivity contribution < 1.29 is 18.3 Å². The van der Waals surface area contributed by atoms with Gasteiger partial charge in [-0.3, -0.25) is 4.57 Å². The van der Waals surface area contributed by atoms with E-state index in [0.717, 1.165) is 39.1 Å². The Kier molecular flexibility index (Phi) is 8.40. The van der Waals surface area contributed by atoms with Gasteiger partial charge in [0.15, 0.2) is 5.13 Å². The van der Waals surface area contributed by atoms with Crippen LogP contribution in [-0.2, 0) is 20.0 Å². The van der Waals surface area contributed by atoms with Gasteiger partial charge in [0.2, 0.25) is 0 Å². The Morgan fingerprint density at radius 3 is 2.62 bits per heavy atom. The van der Waals surface area contributed by atoms with E-state index in [4.69, 9.17) is 42.6 Å². The summed E-state index contributed by atoms with van der Waals surface area (Å²) in [5.41, 5.74) is 4.23. The molecule has 1 N–H and O–H groups in total. The predicted molar refractivity (Wildman–Crippen MR) is 143 cm³/mol. The third-order valence-electron chi connectivity index (χ3n) is 5.20. The number of hydrogen-bond donors (Lipinski definition) is 1. The Hall–Kier alpha value is -1.80. The van der Waals surface area contributed by atoms with Crippen molar-refractivity contribution in [1.29, 1.82) is 0 Å². The zero-order valence-electron chi connectivity index (χ0n) is 19.0. The molecule has 34 heavy (non-hydrogen) atoms. The number of benzene rings is 2. The molecule has 0 radical (unpaired) electrons. The molecule has 10 heteroatoms. The van der Waals surface area contributed by atoms with Gasteiger partial charge in [0.05, 0.1) is 31.7 Å². The number of rotatable bonds is 11. The fraction of sp³-hybridized carbons (Fsp3) is 0.333. The van der Waals surface area contributed by atoms with Crippen LogP contribution in [0.2, 0.25) is 5.02 Å². The summed E-state index contributed by atoms with van der Waals surface area (Å²) >= 11 is 13.3.